The summed E-state index contributed by atoms with van der Waals surface area (Å²) < 4.78 is 4.83. The second-order valence-electron chi connectivity index (χ2n) is 3.20. The maximum atomic E-state index is 11.4. The quantitative estimate of drug-likeness (QED) is 0.626. The second-order valence-corrected chi connectivity index (χ2v) is 3.20. The van der Waals surface area contributed by atoms with Crippen LogP contribution in [0.25, 0.3) is 10.9 Å². The molecule has 2 aromatic heterocycles. The van der Waals surface area contributed by atoms with E-state index < -0.39 is 5.97 Å². The van der Waals surface area contributed by atoms with E-state index in [-0.39, 0.29) is 5.69 Å². The van der Waals surface area contributed by atoms with E-state index in [0.29, 0.717) is 17.6 Å². The molecule has 0 aliphatic rings. The van der Waals surface area contributed by atoms with Crippen LogP contribution in [-0.2, 0) is 4.74 Å². The number of hydrogen-bond donors (Lipinski definition) is 1. The lowest BCUT2D eigenvalue weighted by Crippen LogP contribution is -2.06. The number of aromatic nitrogens is 2. The Labute approximate surface area is 91.4 Å². The summed E-state index contributed by atoms with van der Waals surface area (Å²) in [5, 5.41) is 0.674. The van der Waals surface area contributed by atoms with Gasteiger partial charge in [0.25, 0.3) is 0 Å². The van der Waals surface area contributed by atoms with Crippen LogP contribution in [-0.4, -0.2) is 28.8 Å². The van der Waals surface area contributed by atoms with Gasteiger partial charge in [-0.2, -0.15) is 0 Å². The zero-order chi connectivity index (χ0) is 11.5. The van der Waals surface area contributed by atoms with E-state index in [9.17, 15) is 9.59 Å². The molecule has 2 rings (SSSR count). The van der Waals surface area contributed by atoms with Crippen molar-refractivity contribution in [2.45, 2.75) is 6.92 Å². The van der Waals surface area contributed by atoms with Gasteiger partial charge in [0.1, 0.15) is 5.69 Å². The fourth-order valence-electron chi connectivity index (χ4n) is 1.46. The smallest absolute Gasteiger partial charge is 0.356 e. The van der Waals surface area contributed by atoms with Gasteiger partial charge in [-0.3, -0.25) is 4.79 Å². The number of carbonyl (C=O) groups is 2. The van der Waals surface area contributed by atoms with E-state index in [2.05, 4.69) is 9.97 Å². The first kappa shape index (κ1) is 10.4. The zero-order valence-electron chi connectivity index (χ0n) is 8.69. The Morgan fingerprint density at radius 2 is 2.44 bits per heavy atom. The van der Waals surface area contributed by atoms with Crippen LogP contribution in [0.5, 0.6) is 0 Å². The number of H-pyrrole nitrogens is 1. The van der Waals surface area contributed by atoms with Crippen LogP contribution < -0.4 is 0 Å². The third kappa shape index (κ3) is 1.67. The van der Waals surface area contributed by atoms with Crippen molar-refractivity contribution in [1.82, 2.24) is 9.97 Å². The monoisotopic (exact) mass is 218 g/mol. The zero-order valence-corrected chi connectivity index (χ0v) is 8.69. The normalized spacial score (nSPS) is 10.3. The number of hydrogen-bond acceptors (Lipinski definition) is 4. The number of esters is 1. The summed E-state index contributed by atoms with van der Waals surface area (Å²) in [6.07, 6.45) is 3.82. The number of aromatic amines is 1. The van der Waals surface area contributed by atoms with Crippen molar-refractivity contribution < 1.29 is 14.3 Å². The Morgan fingerprint density at radius 1 is 1.62 bits per heavy atom. The number of pyridine rings is 1. The fraction of sp³-hybridized carbons (Fsp3) is 0.182. The average Bonchev–Trinajstić information content (AvgIpc) is 2.71. The minimum atomic E-state index is -0.484. The number of fused-ring (bicyclic) bond motifs is 1. The van der Waals surface area contributed by atoms with Gasteiger partial charge in [-0.05, 0) is 13.0 Å². The van der Waals surface area contributed by atoms with Crippen molar-refractivity contribution in [3.63, 3.8) is 0 Å². The number of nitrogens with zero attached hydrogens (tertiary/aromatic N) is 1. The lowest BCUT2D eigenvalue weighted by atomic mass is 10.2. The maximum Gasteiger partial charge on any atom is 0.356 e. The molecule has 5 heteroatoms. The highest BCUT2D eigenvalue weighted by Crippen LogP contribution is 2.17. The van der Waals surface area contributed by atoms with Crippen LogP contribution in [0, 0.1) is 0 Å². The fourth-order valence-corrected chi connectivity index (χ4v) is 1.46. The molecule has 16 heavy (non-hydrogen) atoms. The van der Waals surface area contributed by atoms with Gasteiger partial charge in [0.05, 0.1) is 18.3 Å². The first-order chi connectivity index (χ1) is 7.76. The highest BCUT2D eigenvalue weighted by Gasteiger charge is 2.11. The molecule has 0 aromatic carbocycles. The summed E-state index contributed by atoms with van der Waals surface area (Å²) in [5.41, 5.74) is 1.43. The number of aldehydes is 1. The minimum Gasteiger partial charge on any atom is -0.461 e. The van der Waals surface area contributed by atoms with Gasteiger partial charge >= 0.3 is 5.97 Å². The van der Waals surface area contributed by atoms with E-state index in [4.69, 9.17) is 4.74 Å². The number of nitrogens with one attached hydrogen (secondary N) is 1. The van der Waals surface area contributed by atoms with Crippen LogP contribution in [0.3, 0.4) is 0 Å². The molecule has 0 atom stereocenters. The number of carbonyl (C=O) groups excluding carboxylic acids is 2. The molecule has 0 unspecified atom stereocenters. The van der Waals surface area contributed by atoms with E-state index in [1.54, 1.807) is 19.2 Å². The molecule has 0 fully saturated rings. The van der Waals surface area contributed by atoms with Crippen LogP contribution >= 0.6 is 0 Å². The summed E-state index contributed by atoms with van der Waals surface area (Å²) in [7, 11) is 0. The van der Waals surface area contributed by atoms with Gasteiger partial charge in [-0.25, -0.2) is 9.78 Å². The largest absolute Gasteiger partial charge is 0.461 e. The standard InChI is InChI=1S/C11H10N2O3/c1-2-16-11(15)9-3-8-7(6-14)4-12-10(8)5-13-9/h3-6,12H,2H2,1H3. The molecule has 0 spiro atoms. The molecule has 5 nitrogen and oxygen atoms in total. The van der Waals surface area contributed by atoms with Crippen molar-refractivity contribution in [2.75, 3.05) is 6.61 Å². The topological polar surface area (TPSA) is 72.1 Å². The van der Waals surface area contributed by atoms with Crippen LogP contribution in [0.1, 0.15) is 27.8 Å². The minimum absolute atomic E-state index is 0.206. The first-order valence-corrected chi connectivity index (χ1v) is 4.85. The number of rotatable bonds is 3. The van der Waals surface area contributed by atoms with E-state index in [1.807, 2.05) is 0 Å². The Kier molecular flexibility index (Phi) is 2.68. The summed E-state index contributed by atoms with van der Waals surface area (Å²) >= 11 is 0. The molecule has 1 N–H and O–H groups in total. The van der Waals surface area contributed by atoms with Crippen LogP contribution in [0.15, 0.2) is 18.5 Å². The molecule has 0 saturated heterocycles. The van der Waals surface area contributed by atoms with E-state index in [1.165, 1.54) is 6.20 Å². The third-order valence-electron chi connectivity index (χ3n) is 2.21. The molecular weight excluding hydrogens is 208 g/mol. The molecule has 2 heterocycles. The highest BCUT2D eigenvalue weighted by atomic mass is 16.5. The molecule has 2 aromatic rings. The first-order valence-electron chi connectivity index (χ1n) is 4.85. The van der Waals surface area contributed by atoms with Gasteiger partial charge in [0, 0.05) is 17.1 Å². The van der Waals surface area contributed by atoms with E-state index in [0.717, 1.165) is 11.8 Å². The Bertz CT molecular complexity index is 545. The lowest BCUT2D eigenvalue weighted by molar-refractivity contribution is 0.0519. The summed E-state index contributed by atoms with van der Waals surface area (Å²) in [5.74, 6) is -0.484. The molecule has 82 valence electrons. The van der Waals surface area contributed by atoms with Crippen LogP contribution in [0.2, 0.25) is 0 Å². The highest BCUT2D eigenvalue weighted by molar-refractivity contribution is 6.00. The van der Waals surface area contributed by atoms with Crippen molar-refractivity contribution in [3.8, 4) is 0 Å². The summed E-state index contributed by atoms with van der Waals surface area (Å²) in [4.78, 5) is 29.0. The second kappa shape index (κ2) is 4.14. The van der Waals surface area contributed by atoms with Gasteiger partial charge in [-0.15, -0.1) is 0 Å². The van der Waals surface area contributed by atoms with Crippen molar-refractivity contribution >= 4 is 23.2 Å². The average molecular weight is 218 g/mol. The predicted octanol–water partition coefficient (Wildman–Crippen LogP) is 1.55. The predicted molar refractivity (Wildman–Crippen MR) is 57.4 cm³/mol. The van der Waals surface area contributed by atoms with Crippen molar-refractivity contribution in [3.05, 3.63) is 29.7 Å². The molecule has 0 saturated carbocycles. The maximum absolute atomic E-state index is 11.4. The number of ether oxygens (including phenoxy) is 1. The SMILES string of the molecule is CCOC(=O)c1cc2c(C=O)c[nH]c2cn1. The lowest BCUT2D eigenvalue weighted by Gasteiger charge is -2.00. The van der Waals surface area contributed by atoms with Gasteiger partial charge in [0.15, 0.2) is 6.29 Å². The van der Waals surface area contributed by atoms with Gasteiger partial charge < -0.3 is 9.72 Å². The van der Waals surface area contributed by atoms with Crippen molar-refractivity contribution in [2.24, 2.45) is 0 Å². The molecule has 0 aliphatic heterocycles. The molecular formula is C11H10N2O3. The molecule has 0 radical (unpaired) electrons. The van der Waals surface area contributed by atoms with Crippen molar-refractivity contribution in [1.29, 1.82) is 0 Å². The summed E-state index contributed by atoms with van der Waals surface area (Å²) in [6.45, 7) is 2.02. The molecule has 0 aliphatic carbocycles. The Hall–Kier alpha value is -2.17. The van der Waals surface area contributed by atoms with E-state index >= 15 is 0 Å². The van der Waals surface area contributed by atoms with Crippen LogP contribution in [0.4, 0.5) is 0 Å². The van der Waals surface area contributed by atoms with Gasteiger partial charge in [-0.1, -0.05) is 0 Å². The Balaban J connectivity index is 2.49. The molecule has 0 bridgehead atoms. The Morgan fingerprint density at radius 3 is 3.12 bits per heavy atom. The molecule has 0 amide bonds. The third-order valence-corrected chi connectivity index (χ3v) is 2.21. The van der Waals surface area contributed by atoms with Gasteiger partial charge in [0.2, 0.25) is 0 Å². The summed E-state index contributed by atoms with van der Waals surface area (Å²) in [6, 6.07) is 1.55.